The van der Waals surface area contributed by atoms with Crippen molar-refractivity contribution < 1.29 is 14.3 Å². The number of amides is 1. The van der Waals surface area contributed by atoms with Crippen molar-refractivity contribution in [3.63, 3.8) is 0 Å². The normalized spacial score (nSPS) is 24.4. The number of hydrogen-bond acceptors (Lipinski definition) is 5. The summed E-state index contributed by atoms with van der Waals surface area (Å²) in [6.45, 7) is 4.85. The number of nitrogens with zero attached hydrogens (tertiary/aromatic N) is 1. The second-order valence-electron chi connectivity index (χ2n) is 5.88. The van der Waals surface area contributed by atoms with E-state index in [0.717, 1.165) is 23.5 Å². The number of ether oxygens (including phenoxy) is 2. The van der Waals surface area contributed by atoms with Crippen LogP contribution in [-0.4, -0.2) is 35.9 Å². The molecule has 1 aromatic rings. The highest BCUT2D eigenvalue weighted by Crippen LogP contribution is 2.37. The van der Waals surface area contributed by atoms with Crippen molar-refractivity contribution in [3.8, 4) is 0 Å². The van der Waals surface area contributed by atoms with Crippen LogP contribution in [0.25, 0.3) is 0 Å². The molecular weight excluding hydrogens is 288 g/mol. The summed E-state index contributed by atoms with van der Waals surface area (Å²) in [7, 11) is 0. The van der Waals surface area contributed by atoms with E-state index in [1.54, 1.807) is 0 Å². The molecule has 1 atom stereocenters. The van der Waals surface area contributed by atoms with E-state index in [9.17, 15) is 4.79 Å². The molecule has 21 heavy (non-hydrogen) atoms. The first kappa shape index (κ1) is 14.9. The standard InChI is InChI=1S/C15H22N2O3S/c1-10-13(21-11(2)17-10)14(18)16-8-12-9-19-15(20-12)6-4-3-5-7-15/h12H,3-9H2,1-2H3,(H,16,18)/t12-/m1/s1. The van der Waals surface area contributed by atoms with Crippen molar-refractivity contribution >= 4 is 17.2 Å². The predicted octanol–water partition coefficient (Wildman–Crippen LogP) is 2.57. The second kappa shape index (κ2) is 6.02. The number of rotatable bonds is 3. The quantitative estimate of drug-likeness (QED) is 0.932. The molecule has 1 saturated carbocycles. The van der Waals surface area contributed by atoms with Gasteiger partial charge in [-0.2, -0.15) is 0 Å². The van der Waals surface area contributed by atoms with E-state index >= 15 is 0 Å². The van der Waals surface area contributed by atoms with Gasteiger partial charge in [0.2, 0.25) is 0 Å². The summed E-state index contributed by atoms with van der Waals surface area (Å²) in [5.41, 5.74) is 0.794. The summed E-state index contributed by atoms with van der Waals surface area (Å²) in [6, 6.07) is 0. The smallest absolute Gasteiger partial charge is 0.263 e. The molecular formula is C15H22N2O3S. The molecule has 0 unspecified atom stereocenters. The third-order valence-corrected chi connectivity index (χ3v) is 5.20. The first-order valence-corrected chi connectivity index (χ1v) is 8.44. The SMILES string of the molecule is Cc1nc(C)c(C(=O)NC[C@@H]2COC3(CCCCC3)O2)s1. The summed E-state index contributed by atoms with van der Waals surface area (Å²) < 4.78 is 11.9. The minimum absolute atomic E-state index is 0.0404. The fraction of sp³-hybridized carbons (Fsp3) is 0.733. The second-order valence-corrected chi connectivity index (χ2v) is 7.08. The molecule has 2 aliphatic rings. The van der Waals surface area contributed by atoms with Crippen LogP contribution in [0.5, 0.6) is 0 Å². The third-order valence-electron chi connectivity index (χ3n) is 4.13. The van der Waals surface area contributed by atoms with Gasteiger partial charge in [-0.25, -0.2) is 4.98 Å². The Bertz CT molecular complexity index is 523. The molecule has 1 spiro atoms. The van der Waals surface area contributed by atoms with E-state index in [-0.39, 0.29) is 17.8 Å². The maximum atomic E-state index is 12.2. The molecule has 6 heteroatoms. The molecule has 0 bridgehead atoms. The number of thiazole rings is 1. The number of carbonyl (C=O) groups excluding carboxylic acids is 1. The van der Waals surface area contributed by atoms with Crippen molar-refractivity contribution in [1.82, 2.24) is 10.3 Å². The summed E-state index contributed by atoms with van der Waals surface area (Å²) in [6.07, 6.45) is 5.51. The lowest BCUT2D eigenvalue weighted by molar-refractivity contribution is -0.186. The van der Waals surface area contributed by atoms with Crippen LogP contribution < -0.4 is 5.32 Å². The van der Waals surface area contributed by atoms with Gasteiger partial charge < -0.3 is 14.8 Å². The topological polar surface area (TPSA) is 60.5 Å². The Morgan fingerprint density at radius 3 is 2.81 bits per heavy atom. The molecule has 116 valence electrons. The van der Waals surface area contributed by atoms with Crippen molar-refractivity contribution in [1.29, 1.82) is 0 Å². The van der Waals surface area contributed by atoms with Crippen LogP contribution >= 0.6 is 11.3 Å². The Hall–Kier alpha value is -0.980. The Morgan fingerprint density at radius 1 is 1.38 bits per heavy atom. The highest BCUT2D eigenvalue weighted by molar-refractivity contribution is 7.13. The summed E-state index contributed by atoms with van der Waals surface area (Å²) in [4.78, 5) is 17.1. The zero-order chi connectivity index (χ0) is 14.9. The van der Waals surface area contributed by atoms with Crippen molar-refractivity contribution in [3.05, 3.63) is 15.6 Å². The van der Waals surface area contributed by atoms with Crippen molar-refractivity contribution in [2.24, 2.45) is 0 Å². The van der Waals surface area contributed by atoms with Crippen LogP contribution in [0.1, 0.15) is 52.5 Å². The van der Waals surface area contributed by atoms with Gasteiger partial charge in [-0.05, 0) is 26.7 Å². The lowest BCUT2D eigenvalue weighted by atomic mass is 9.94. The lowest BCUT2D eigenvalue weighted by Gasteiger charge is -2.31. The van der Waals surface area contributed by atoms with Crippen LogP contribution in [0, 0.1) is 13.8 Å². The Balaban J connectivity index is 1.52. The molecule has 2 fully saturated rings. The first-order valence-electron chi connectivity index (χ1n) is 7.62. The molecule has 1 aliphatic carbocycles. The van der Waals surface area contributed by atoms with Crippen LogP contribution in [0.3, 0.4) is 0 Å². The molecule has 0 radical (unpaired) electrons. The van der Waals surface area contributed by atoms with Gasteiger partial charge in [-0.1, -0.05) is 6.42 Å². The molecule has 3 rings (SSSR count). The summed E-state index contributed by atoms with van der Waals surface area (Å²) in [5.74, 6) is -0.434. The van der Waals surface area contributed by atoms with Gasteiger partial charge >= 0.3 is 0 Å². The van der Waals surface area contributed by atoms with Gasteiger partial charge in [-0.15, -0.1) is 11.3 Å². The first-order chi connectivity index (χ1) is 10.1. The average molecular weight is 310 g/mol. The van der Waals surface area contributed by atoms with Gasteiger partial charge in [0.1, 0.15) is 11.0 Å². The minimum Gasteiger partial charge on any atom is -0.349 e. The van der Waals surface area contributed by atoms with Crippen LogP contribution in [-0.2, 0) is 9.47 Å². The van der Waals surface area contributed by atoms with Gasteiger partial charge in [-0.3, -0.25) is 4.79 Å². The number of hydrogen-bond donors (Lipinski definition) is 1. The predicted molar refractivity (Wildman–Crippen MR) is 80.6 cm³/mol. The van der Waals surface area contributed by atoms with Crippen LogP contribution in [0.15, 0.2) is 0 Å². The van der Waals surface area contributed by atoms with E-state index in [2.05, 4.69) is 10.3 Å². The summed E-state index contributed by atoms with van der Waals surface area (Å²) >= 11 is 1.43. The fourth-order valence-corrected chi connectivity index (χ4v) is 3.93. The number of aromatic nitrogens is 1. The molecule has 5 nitrogen and oxygen atoms in total. The zero-order valence-electron chi connectivity index (χ0n) is 12.6. The van der Waals surface area contributed by atoms with Gasteiger partial charge in [0.05, 0.1) is 17.3 Å². The monoisotopic (exact) mass is 310 g/mol. The highest BCUT2D eigenvalue weighted by Gasteiger charge is 2.42. The highest BCUT2D eigenvalue weighted by atomic mass is 32.1. The van der Waals surface area contributed by atoms with Crippen molar-refractivity contribution in [2.75, 3.05) is 13.2 Å². The molecule has 1 amide bonds. The van der Waals surface area contributed by atoms with E-state index in [0.29, 0.717) is 18.0 Å². The lowest BCUT2D eigenvalue weighted by Crippen LogP contribution is -2.37. The van der Waals surface area contributed by atoms with E-state index in [1.807, 2.05) is 13.8 Å². The minimum atomic E-state index is -0.370. The molecule has 0 aromatic carbocycles. The van der Waals surface area contributed by atoms with Gasteiger partial charge in [0.25, 0.3) is 5.91 Å². The molecule has 2 heterocycles. The number of nitrogens with one attached hydrogen (secondary N) is 1. The van der Waals surface area contributed by atoms with Crippen LogP contribution in [0.2, 0.25) is 0 Å². The summed E-state index contributed by atoms with van der Waals surface area (Å²) in [5, 5.41) is 3.86. The van der Waals surface area contributed by atoms with Crippen molar-refractivity contribution in [2.45, 2.75) is 57.8 Å². The fourth-order valence-electron chi connectivity index (χ4n) is 3.10. The number of aryl methyl sites for hydroxylation is 2. The number of carbonyl (C=O) groups is 1. The molecule has 1 aliphatic heterocycles. The van der Waals surface area contributed by atoms with Gasteiger partial charge in [0, 0.05) is 19.4 Å². The third kappa shape index (κ3) is 3.27. The molecule has 1 N–H and O–H groups in total. The van der Waals surface area contributed by atoms with Gasteiger partial charge in [0.15, 0.2) is 5.79 Å². The molecule has 1 aromatic heterocycles. The van der Waals surface area contributed by atoms with E-state index in [1.165, 1.54) is 30.6 Å². The largest absolute Gasteiger partial charge is 0.349 e. The maximum absolute atomic E-state index is 12.2. The Kier molecular flexibility index (Phi) is 4.28. The van der Waals surface area contributed by atoms with E-state index in [4.69, 9.17) is 9.47 Å². The molecule has 1 saturated heterocycles. The average Bonchev–Trinajstić information content (AvgIpc) is 3.01. The Labute approximate surface area is 129 Å². The van der Waals surface area contributed by atoms with E-state index < -0.39 is 0 Å². The Morgan fingerprint density at radius 2 is 2.14 bits per heavy atom. The van der Waals surface area contributed by atoms with Crippen LogP contribution in [0.4, 0.5) is 0 Å². The maximum Gasteiger partial charge on any atom is 0.263 e. The zero-order valence-corrected chi connectivity index (χ0v) is 13.4.